The molecule has 4 rings (SSSR count). The summed E-state index contributed by atoms with van der Waals surface area (Å²) in [6.07, 6.45) is 5.35. The first-order chi connectivity index (χ1) is 14.1. The molecule has 0 aliphatic rings. The standard InChI is InChI=1S/C22H21FN4O2/c1-4-29-19-8-7-16(12-20(19)28-3)25-21-22-24-9-10-27(22)13-18(26-21)15-6-5-14(2)17(23)11-15/h5-13H,4H2,1-3H3,(H,25,26). The Kier molecular flexibility index (Phi) is 5.03. The minimum absolute atomic E-state index is 0.263. The quantitative estimate of drug-likeness (QED) is 0.501. The van der Waals surface area contributed by atoms with Crippen LogP contribution < -0.4 is 14.8 Å². The summed E-state index contributed by atoms with van der Waals surface area (Å²) in [6.45, 7) is 4.20. The van der Waals surface area contributed by atoms with Gasteiger partial charge in [-0.15, -0.1) is 0 Å². The number of rotatable bonds is 6. The molecule has 4 aromatic rings. The number of halogens is 1. The zero-order valence-corrected chi connectivity index (χ0v) is 16.4. The van der Waals surface area contributed by atoms with Gasteiger partial charge in [0.05, 0.1) is 19.4 Å². The van der Waals surface area contributed by atoms with E-state index < -0.39 is 0 Å². The van der Waals surface area contributed by atoms with E-state index in [-0.39, 0.29) is 5.82 Å². The Balaban J connectivity index is 1.75. The van der Waals surface area contributed by atoms with Crippen molar-refractivity contribution >= 4 is 17.2 Å². The highest BCUT2D eigenvalue weighted by Gasteiger charge is 2.12. The van der Waals surface area contributed by atoms with E-state index in [9.17, 15) is 4.39 Å². The van der Waals surface area contributed by atoms with Crippen molar-refractivity contribution in [1.29, 1.82) is 0 Å². The molecule has 148 valence electrons. The predicted molar refractivity (Wildman–Crippen MR) is 111 cm³/mol. The average Bonchev–Trinajstić information content (AvgIpc) is 3.20. The fraction of sp³-hybridized carbons (Fsp3) is 0.182. The van der Waals surface area contributed by atoms with Crippen LogP contribution in [0.2, 0.25) is 0 Å². The Morgan fingerprint density at radius 2 is 2.00 bits per heavy atom. The molecule has 7 heteroatoms. The molecule has 0 radical (unpaired) electrons. The molecule has 0 atom stereocenters. The van der Waals surface area contributed by atoms with E-state index in [1.54, 1.807) is 26.3 Å². The van der Waals surface area contributed by atoms with Gasteiger partial charge in [-0.2, -0.15) is 0 Å². The third-order valence-corrected chi connectivity index (χ3v) is 4.57. The number of nitrogens with zero attached hydrogens (tertiary/aromatic N) is 3. The Bertz CT molecular complexity index is 1170. The monoisotopic (exact) mass is 392 g/mol. The molecular formula is C22H21FN4O2. The van der Waals surface area contributed by atoms with E-state index >= 15 is 0 Å². The van der Waals surface area contributed by atoms with Crippen LogP contribution >= 0.6 is 0 Å². The average molecular weight is 392 g/mol. The van der Waals surface area contributed by atoms with Gasteiger partial charge in [-0.1, -0.05) is 12.1 Å². The molecule has 0 bridgehead atoms. The SMILES string of the molecule is CCOc1ccc(Nc2nc(-c3ccc(C)c(F)c3)cn3ccnc23)cc1OC. The number of ether oxygens (including phenoxy) is 2. The predicted octanol–water partition coefficient (Wildman–Crippen LogP) is 4.99. The van der Waals surface area contributed by atoms with E-state index in [0.717, 1.165) is 5.69 Å². The molecule has 6 nitrogen and oxygen atoms in total. The molecule has 2 heterocycles. The number of nitrogens with one attached hydrogen (secondary N) is 1. The number of aryl methyl sites for hydroxylation is 1. The fourth-order valence-corrected chi connectivity index (χ4v) is 3.06. The van der Waals surface area contributed by atoms with Gasteiger partial charge in [0.1, 0.15) is 5.82 Å². The third-order valence-electron chi connectivity index (χ3n) is 4.57. The summed E-state index contributed by atoms with van der Waals surface area (Å²) >= 11 is 0. The number of hydrogen-bond acceptors (Lipinski definition) is 5. The topological polar surface area (TPSA) is 60.7 Å². The zero-order valence-electron chi connectivity index (χ0n) is 16.4. The van der Waals surface area contributed by atoms with Gasteiger partial charge in [-0.3, -0.25) is 0 Å². The summed E-state index contributed by atoms with van der Waals surface area (Å²) in [5.74, 6) is 1.58. The summed E-state index contributed by atoms with van der Waals surface area (Å²) in [4.78, 5) is 9.07. The Morgan fingerprint density at radius 3 is 2.76 bits per heavy atom. The summed E-state index contributed by atoms with van der Waals surface area (Å²) < 4.78 is 26.9. The lowest BCUT2D eigenvalue weighted by Crippen LogP contribution is -2.01. The van der Waals surface area contributed by atoms with Crippen LogP contribution in [0.4, 0.5) is 15.9 Å². The third kappa shape index (κ3) is 3.71. The van der Waals surface area contributed by atoms with Crippen LogP contribution in [0.25, 0.3) is 16.9 Å². The highest BCUT2D eigenvalue weighted by Crippen LogP contribution is 2.32. The lowest BCUT2D eigenvalue weighted by Gasteiger charge is -2.13. The summed E-state index contributed by atoms with van der Waals surface area (Å²) in [6, 6.07) is 10.6. The van der Waals surface area contributed by atoms with Gasteiger partial charge < -0.3 is 19.2 Å². The maximum Gasteiger partial charge on any atom is 0.180 e. The van der Waals surface area contributed by atoms with Gasteiger partial charge in [0.15, 0.2) is 23.0 Å². The first-order valence-electron chi connectivity index (χ1n) is 9.27. The van der Waals surface area contributed by atoms with Gasteiger partial charge in [0, 0.05) is 35.9 Å². The summed E-state index contributed by atoms with van der Waals surface area (Å²) in [7, 11) is 1.60. The van der Waals surface area contributed by atoms with Crippen molar-refractivity contribution in [3.8, 4) is 22.8 Å². The van der Waals surface area contributed by atoms with Crippen molar-refractivity contribution in [2.45, 2.75) is 13.8 Å². The molecular weight excluding hydrogens is 371 g/mol. The molecule has 0 amide bonds. The Hall–Kier alpha value is -3.61. The van der Waals surface area contributed by atoms with Gasteiger partial charge in [-0.05, 0) is 37.6 Å². The van der Waals surface area contributed by atoms with Crippen LogP contribution in [0, 0.1) is 12.7 Å². The summed E-state index contributed by atoms with van der Waals surface area (Å²) in [5, 5.41) is 3.29. The normalized spacial score (nSPS) is 10.9. The van der Waals surface area contributed by atoms with Gasteiger partial charge in [0.2, 0.25) is 0 Å². The van der Waals surface area contributed by atoms with E-state index in [1.807, 2.05) is 48.0 Å². The first kappa shape index (κ1) is 18.7. The molecule has 0 fully saturated rings. The lowest BCUT2D eigenvalue weighted by molar-refractivity contribution is 0.311. The molecule has 0 aliphatic heterocycles. The molecule has 0 saturated carbocycles. The van der Waals surface area contributed by atoms with Crippen molar-refractivity contribution in [3.05, 3.63) is 66.4 Å². The molecule has 0 unspecified atom stereocenters. The van der Waals surface area contributed by atoms with E-state index in [4.69, 9.17) is 14.5 Å². The van der Waals surface area contributed by atoms with Crippen molar-refractivity contribution < 1.29 is 13.9 Å². The number of aromatic nitrogens is 3. The number of hydrogen-bond donors (Lipinski definition) is 1. The second-order valence-corrected chi connectivity index (χ2v) is 6.52. The summed E-state index contributed by atoms with van der Waals surface area (Å²) in [5.41, 5.74) is 3.35. The molecule has 2 aromatic heterocycles. The van der Waals surface area contributed by atoms with Crippen LogP contribution in [0.15, 0.2) is 55.0 Å². The molecule has 0 saturated heterocycles. The number of anilines is 2. The first-order valence-corrected chi connectivity index (χ1v) is 9.27. The second kappa shape index (κ2) is 7.79. The number of fused-ring (bicyclic) bond motifs is 1. The molecule has 0 spiro atoms. The van der Waals surface area contributed by atoms with Gasteiger partial charge in [-0.25, -0.2) is 14.4 Å². The van der Waals surface area contributed by atoms with E-state index in [1.165, 1.54) is 6.07 Å². The van der Waals surface area contributed by atoms with Crippen molar-refractivity contribution in [2.24, 2.45) is 0 Å². The number of benzene rings is 2. The minimum Gasteiger partial charge on any atom is -0.493 e. The van der Waals surface area contributed by atoms with Crippen molar-refractivity contribution in [3.63, 3.8) is 0 Å². The zero-order chi connectivity index (χ0) is 20.4. The smallest absolute Gasteiger partial charge is 0.180 e. The molecule has 1 N–H and O–H groups in total. The van der Waals surface area contributed by atoms with Crippen LogP contribution in [0.3, 0.4) is 0 Å². The van der Waals surface area contributed by atoms with Crippen LogP contribution in [0.1, 0.15) is 12.5 Å². The van der Waals surface area contributed by atoms with Crippen molar-refractivity contribution in [1.82, 2.24) is 14.4 Å². The highest BCUT2D eigenvalue weighted by atomic mass is 19.1. The largest absolute Gasteiger partial charge is 0.493 e. The lowest BCUT2D eigenvalue weighted by atomic mass is 10.1. The van der Waals surface area contributed by atoms with Crippen LogP contribution in [-0.2, 0) is 0 Å². The van der Waals surface area contributed by atoms with Crippen LogP contribution in [-0.4, -0.2) is 28.1 Å². The van der Waals surface area contributed by atoms with E-state index in [2.05, 4.69) is 10.3 Å². The van der Waals surface area contributed by atoms with Crippen LogP contribution in [0.5, 0.6) is 11.5 Å². The maximum atomic E-state index is 14.1. The molecule has 0 aliphatic carbocycles. The minimum atomic E-state index is -0.263. The number of imidazole rings is 1. The van der Waals surface area contributed by atoms with E-state index in [0.29, 0.717) is 46.4 Å². The Labute approximate surface area is 168 Å². The van der Waals surface area contributed by atoms with Gasteiger partial charge in [0.25, 0.3) is 0 Å². The molecule has 29 heavy (non-hydrogen) atoms. The fourth-order valence-electron chi connectivity index (χ4n) is 3.06. The van der Waals surface area contributed by atoms with Crippen molar-refractivity contribution in [2.75, 3.05) is 19.0 Å². The molecule has 2 aromatic carbocycles. The number of methoxy groups -OCH3 is 1. The van der Waals surface area contributed by atoms with Gasteiger partial charge >= 0.3 is 0 Å². The second-order valence-electron chi connectivity index (χ2n) is 6.52. The Morgan fingerprint density at radius 1 is 1.14 bits per heavy atom. The maximum absolute atomic E-state index is 14.1. The highest BCUT2D eigenvalue weighted by molar-refractivity contribution is 5.74.